The van der Waals surface area contributed by atoms with Crippen molar-refractivity contribution in [3.8, 4) is 16.9 Å². The number of carbonyl (C=O) groups is 2. The number of alkyl halides is 3. The van der Waals surface area contributed by atoms with Crippen LogP contribution in [-0.4, -0.2) is 47.3 Å². The molecule has 0 spiro atoms. The largest absolute Gasteiger partial charge is 0.508 e. The van der Waals surface area contributed by atoms with E-state index >= 15 is 0 Å². The average Bonchev–Trinajstić information content (AvgIpc) is 3.38. The lowest BCUT2D eigenvalue weighted by molar-refractivity contribution is -0.137. The number of hydrogen-bond acceptors (Lipinski definition) is 7. The number of carboxylic acids is 1. The summed E-state index contributed by atoms with van der Waals surface area (Å²) in [5, 5.41) is 33.9. The van der Waals surface area contributed by atoms with Crippen LogP contribution in [0.4, 0.5) is 13.2 Å². The van der Waals surface area contributed by atoms with E-state index in [-0.39, 0.29) is 39.9 Å². The van der Waals surface area contributed by atoms with E-state index in [1.165, 1.54) is 47.1 Å². The van der Waals surface area contributed by atoms with Crippen molar-refractivity contribution in [3.05, 3.63) is 101 Å². The molecule has 0 aliphatic rings. The van der Waals surface area contributed by atoms with Gasteiger partial charge in [-0.2, -0.15) is 13.2 Å². The molecule has 0 aliphatic carbocycles. The van der Waals surface area contributed by atoms with Gasteiger partial charge in [0.25, 0.3) is 5.91 Å². The SMILES string of the molecule is Cn1nnnc1[C@H](Cc1ccc(O)cc1)NC(=O)c1cc(C(=O)O)c2cc(-c3cccc(C(F)(F)F)c3)ccc2n1. The van der Waals surface area contributed by atoms with Crippen molar-refractivity contribution < 1.29 is 33.0 Å². The highest BCUT2D eigenvalue weighted by atomic mass is 19.4. The lowest BCUT2D eigenvalue weighted by Gasteiger charge is -2.18. The molecule has 0 unspecified atom stereocenters. The monoisotopic (exact) mass is 562 g/mol. The van der Waals surface area contributed by atoms with Gasteiger partial charge in [0.15, 0.2) is 5.82 Å². The van der Waals surface area contributed by atoms with E-state index < -0.39 is 29.7 Å². The number of phenolic OH excluding ortho intramolecular Hbond substituents is 1. The summed E-state index contributed by atoms with van der Waals surface area (Å²) in [7, 11) is 1.60. The number of aromatic carboxylic acids is 1. The van der Waals surface area contributed by atoms with Crippen molar-refractivity contribution >= 4 is 22.8 Å². The van der Waals surface area contributed by atoms with Gasteiger partial charge in [-0.3, -0.25) is 4.79 Å². The van der Waals surface area contributed by atoms with Gasteiger partial charge in [-0.15, -0.1) is 5.10 Å². The Bertz CT molecular complexity index is 1770. The van der Waals surface area contributed by atoms with Crippen LogP contribution in [0.5, 0.6) is 5.75 Å². The fourth-order valence-corrected chi connectivity index (χ4v) is 4.41. The molecule has 0 fully saturated rings. The normalized spacial score (nSPS) is 12.3. The van der Waals surface area contributed by atoms with Gasteiger partial charge in [-0.1, -0.05) is 30.3 Å². The lowest BCUT2D eigenvalue weighted by Crippen LogP contribution is -2.32. The second kappa shape index (κ2) is 10.7. The summed E-state index contributed by atoms with van der Waals surface area (Å²) < 4.78 is 41.0. The summed E-state index contributed by atoms with van der Waals surface area (Å²) in [6, 6.07) is 15.8. The van der Waals surface area contributed by atoms with Gasteiger partial charge in [0, 0.05) is 18.9 Å². The van der Waals surface area contributed by atoms with Crippen molar-refractivity contribution in [3.63, 3.8) is 0 Å². The number of rotatable bonds is 7. The van der Waals surface area contributed by atoms with Crippen molar-refractivity contribution in [2.45, 2.75) is 18.6 Å². The van der Waals surface area contributed by atoms with E-state index in [1.54, 1.807) is 19.2 Å². The third-order valence-corrected chi connectivity index (χ3v) is 6.44. The topological polar surface area (TPSA) is 143 Å². The van der Waals surface area contributed by atoms with E-state index in [4.69, 9.17) is 0 Å². The first-order chi connectivity index (χ1) is 19.5. The number of tetrazole rings is 1. The average molecular weight is 563 g/mol. The number of benzene rings is 3. The number of aromatic hydroxyl groups is 1. The predicted octanol–water partition coefficient (Wildman–Crippen LogP) is 4.56. The van der Waals surface area contributed by atoms with E-state index in [0.717, 1.165) is 23.8 Å². The van der Waals surface area contributed by atoms with Crippen LogP contribution in [0, 0.1) is 0 Å². The highest BCUT2D eigenvalue weighted by Gasteiger charge is 2.30. The Balaban J connectivity index is 1.50. The minimum absolute atomic E-state index is 0.0763. The molecule has 0 radical (unpaired) electrons. The third-order valence-electron chi connectivity index (χ3n) is 6.44. The van der Waals surface area contributed by atoms with E-state index in [2.05, 4.69) is 25.8 Å². The fraction of sp³-hybridized carbons (Fsp3) is 0.143. The fourth-order valence-electron chi connectivity index (χ4n) is 4.41. The summed E-state index contributed by atoms with van der Waals surface area (Å²) in [4.78, 5) is 29.9. The number of fused-ring (bicyclic) bond motifs is 1. The Morgan fingerprint density at radius 1 is 1.00 bits per heavy atom. The van der Waals surface area contributed by atoms with E-state index in [1.807, 2.05) is 0 Å². The van der Waals surface area contributed by atoms with Crippen LogP contribution in [0.15, 0.2) is 72.8 Å². The zero-order chi connectivity index (χ0) is 29.3. The molecule has 41 heavy (non-hydrogen) atoms. The number of phenols is 1. The van der Waals surface area contributed by atoms with Crippen LogP contribution >= 0.6 is 0 Å². The number of nitrogens with one attached hydrogen (secondary N) is 1. The second-order valence-corrected chi connectivity index (χ2v) is 9.23. The molecule has 3 aromatic carbocycles. The molecular formula is C28H21F3N6O4. The number of carbonyl (C=O) groups excluding carboxylic acids is 1. The quantitative estimate of drug-likeness (QED) is 0.262. The van der Waals surface area contributed by atoms with Crippen molar-refractivity contribution in [1.29, 1.82) is 0 Å². The Hall–Kier alpha value is -5.33. The zero-order valence-corrected chi connectivity index (χ0v) is 21.3. The standard InChI is InChI=1S/C28H21F3N6O4/c1-37-25(34-35-36-37)23(11-15-5-8-19(38)9-6-15)33-26(39)24-14-21(27(40)41)20-13-17(7-10-22(20)32-24)16-3-2-4-18(12-16)28(29,30)31/h2-10,12-14,23,38H,11H2,1H3,(H,33,39)(H,40,41)/t23-/m0/s1. The predicted molar refractivity (Wildman–Crippen MR) is 140 cm³/mol. The number of nitrogens with zero attached hydrogens (tertiary/aromatic N) is 5. The number of hydrogen-bond donors (Lipinski definition) is 3. The molecule has 1 amide bonds. The molecule has 3 N–H and O–H groups in total. The minimum Gasteiger partial charge on any atom is -0.508 e. The van der Waals surface area contributed by atoms with Gasteiger partial charge in [-0.05, 0) is 69.6 Å². The molecule has 0 bridgehead atoms. The molecular weight excluding hydrogens is 541 g/mol. The maximum absolute atomic E-state index is 13.4. The molecule has 0 aliphatic heterocycles. The van der Waals surface area contributed by atoms with Crippen molar-refractivity contribution in [1.82, 2.24) is 30.5 Å². The Morgan fingerprint density at radius 3 is 2.39 bits per heavy atom. The smallest absolute Gasteiger partial charge is 0.416 e. The molecule has 10 nitrogen and oxygen atoms in total. The van der Waals surface area contributed by atoms with Crippen LogP contribution in [-0.2, 0) is 19.6 Å². The molecule has 0 saturated heterocycles. The van der Waals surface area contributed by atoms with Gasteiger partial charge in [-0.25, -0.2) is 14.5 Å². The highest BCUT2D eigenvalue weighted by Crippen LogP contribution is 2.33. The maximum Gasteiger partial charge on any atom is 0.416 e. The van der Waals surface area contributed by atoms with Crippen molar-refractivity contribution in [2.24, 2.45) is 7.05 Å². The first kappa shape index (κ1) is 27.2. The van der Waals surface area contributed by atoms with Crippen LogP contribution in [0.2, 0.25) is 0 Å². The number of carboxylic acid groups (broad SMARTS) is 1. The van der Waals surface area contributed by atoms with E-state index in [9.17, 15) is 33.0 Å². The number of aromatic nitrogens is 5. The minimum atomic E-state index is -4.54. The van der Waals surface area contributed by atoms with Gasteiger partial charge in [0.05, 0.1) is 22.7 Å². The summed E-state index contributed by atoms with van der Waals surface area (Å²) in [5.41, 5.74) is 0.260. The highest BCUT2D eigenvalue weighted by molar-refractivity contribution is 6.06. The zero-order valence-electron chi connectivity index (χ0n) is 21.3. The summed E-state index contributed by atoms with van der Waals surface area (Å²) in [6.07, 6.45) is -4.29. The third kappa shape index (κ3) is 5.83. The van der Waals surface area contributed by atoms with Crippen LogP contribution < -0.4 is 5.32 Å². The number of amides is 1. The Labute approximate surface area is 230 Å². The Kier molecular flexibility index (Phi) is 7.10. The van der Waals surface area contributed by atoms with Crippen LogP contribution in [0.3, 0.4) is 0 Å². The van der Waals surface area contributed by atoms with Gasteiger partial charge < -0.3 is 15.5 Å². The van der Waals surface area contributed by atoms with Crippen LogP contribution in [0.1, 0.15) is 43.8 Å². The first-order valence-corrected chi connectivity index (χ1v) is 12.2. The Morgan fingerprint density at radius 2 is 1.73 bits per heavy atom. The van der Waals surface area contributed by atoms with Gasteiger partial charge >= 0.3 is 12.1 Å². The molecule has 0 saturated carbocycles. The molecule has 5 aromatic rings. The number of pyridine rings is 1. The summed E-state index contributed by atoms with van der Waals surface area (Å²) in [5.74, 6) is -1.63. The summed E-state index contributed by atoms with van der Waals surface area (Å²) >= 11 is 0. The molecule has 2 aromatic heterocycles. The molecule has 1 atom stereocenters. The second-order valence-electron chi connectivity index (χ2n) is 9.23. The molecule has 2 heterocycles. The summed E-state index contributed by atoms with van der Waals surface area (Å²) in [6.45, 7) is 0. The first-order valence-electron chi connectivity index (χ1n) is 12.2. The van der Waals surface area contributed by atoms with Crippen molar-refractivity contribution in [2.75, 3.05) is 0 Å². The van der Waals surface area contributed by atoms with Crippen LogP contribution in [0.25, 0.3) is 22.0 Å². The molecule has 13 heteroatoms. The maximum atomic E-state index is 13.4. The van der Waals surface area contributed by atoms with E-state index in [0.29, 0.717) is 11.4 Å². The number of halogens is 3. The molecule has 208 valence electrons. The van der Waals surface area contributed by atoms with Gasteiger partial charge in [0.1, 0.15) is 11.4 Å². The molecule has 5 rings (SSSR count). The van der Waals surface area contributed by atoms with Gasteiger partial charge in [0.2, 0.25) is 0 Å². The number of aryl methyl sites for hydroxylation is 1. The lowest BCUT2D eigenvalue weighted by atomic mass is 9.98.